The molecule has 1 aliphatic rings. The van der Waals surface area contributed by atoms with Gasteiger partial charge in [0.15, 0.2) is 11.4 Å². The Hall–Kier alpha value is -1.41. The van der Waals surface area contributed by atoms with Crippen LogP contribution in [0.4, 0.5) is 5.82 Å². The standard InChI is InChI=1S/C16H17IN4O/c1-9-19-14-12-7-10(17)3-4-13(12)22-15(14)16(20-9)21-6-5-11(8-21)18-2/h3-4,7,11,18H,5-6,8H2,1-2H3. The van der Waals surface area contributed by atoms with E-state index in [4.69, 9.17) is 4.42 Å². The highest BCUT2D eigenvalue weighted by molar-refractivity contribution is 14.1. The molecule has 1 N–H and O–H groups in total. The number of benzene rings is 1. The molecule has 5 nitrogen and oxygen atoms in total. The van der Waals surface area contributed by atoms with Gasteiger partial charge in [0.05, 0.1) is 0 Å². The average molecular weight is 408 g/mol. The number of hydrogen-bond acceptors (Lipinski definition) is 5. The maximum Gasteiger partial charge on any atom is 0.196 e. The van der Waals surface area contributed by atoms with Crippen molar-refractivity contribution < 1.29 is 4.42 Å². The molecule has 0 aliphatic carbocycles. The number of anilines is 1. The maximum atomic E-state index is 6.08. The number of furan rings is 1. The maximum absolute atomic E-state index is 6.08. The molecule has 0 amide bonds. The summed E-state index contributed by atoms with van der Waals surface area (Å²) in [6, 6.07) is 6.70. The molecule has 1 saturated heterocycles. The van der Waals surface area contributed by atoms with Gasteiger partial charge in [-0.2, -0.15) is 0 Å². The highest BCUT2D eigenvalue weighted by Gasteiger charge is 2.26. The molecule has 1 fully saturated rings. The lowest BCUT2D eigenvalue weighted by atomic mass is 10.2. The van der Waals surface area contributed by atoms with Crippen LogP contribution < -0.4 is 10.2 Å². The normalized spacial score (nSPS) is 18.7. The van der Waals surface area contributed by atoms with Crippen LogP contribution in [0.3, 0.4) is 0 Å². The Bertz CT molecular complexity index is 860. The third-order valence-corrected chi connectivity index (χ3v) is 4.94. The second-order valence-electron chi connectivity index (χ2n) is 5.73. The van der Waals surface area contributed by atoms with Crippen LogP contribution in [0, 0.1) is 10.5 Å². The predicted octanol–water partition coefficient (Wildman–Crippen LogP) is 3.09. The van der Waals surface area contributed by atoms with Crippen molar-refractivity contribution in [1.29, 1.82) is 0 Å². The van der Waals surface area contributed by atoms with E-state index in [9.17, 15) is 0 Å². The van der Waals surface area contributed by atoms with Crippen LogP contribution >= 0.6 is 22.6 Å². The van der Waals surface area contributed by atoms with E-state index in [-0.39, 0.29) is 0 Å². The first-order chi connectivity index (χ1) is 10.7. The van der Waals surface area contributed by atoms with Gasteiger partial charge < -0.3 is 14.6 Å². The van der Waals surface area contributed by atoms with Crippen LogP contribution in [0.1, 0.15) is 12.2 Å². The van der Waals surface area contributed by atoms with Crippen molar-refractivity contribution in [3.05, 3.63) is 27.6 Å². The fourth-order valence-corrected chi connectivity index (χ4v) is 3.60. The summed E-state index contributed by atoms with van der Waals surface area (Å²) >= 11 is 2.32. The number of hydrogen-bond donors (Lipinski definition) is 1. The van der Waals surface area contributed by atoms with E-state index in [1.54, 1.807) is 0 Å². The van der Waals surface area contributed by atoms with E-state index in [1.165, 1.54) is 3.57 Å². The number of aryl methyl sites for hydroxylation is 1. The monoisotopic (exact) mass is 408 g/mol. The number of nitrogens with one attached hydrogen (secondary N) is 1. The minimum Gasteiger partial charge on any atom is -0.450 e. The van der Waals surface area contributed by atoms with Crippen LogP contribution in [-0.4, -0.2) is 36.1 Å². The van der Waals surface area contributed by atoms with Crippen LogP contribution in [0.2, 0.25) is 0 Å². The van der Waals surface area contributed by atoms with Crippen molar-refractivity contribution in [2.75, 3.05) is 25.0 Å². The van der Waals surface area contributed by atoms with Crippen molar-refractivity contribution in [3.8, 4) is 0 Å². The molecule has 0 saturated carbocycles. The Balaban J connectivity index is 1.93. The number of aromatic nitrogens is 2. The van der Waals surface area contributed by atoms with Gasteiger partial charge >= 0.3 is 0 Å². The Kier molecular flexibility index (Phi) is 3.45. The third-order valence-electron chi connectivity index (χ3n) is 4.26. The number of nitrogens with zero attached hydrogens (tertiary/aromatic N) is 3. The summed E-state index contributed by atoms with van der Waals surface area (Å²) in [5, 5.41) is 4.41. The first-order valence-electron chi connectivity index (χ1n) is 7.44. The van der Waals surface area contributed by atoms with Crippen LogP contribution in [-0.2, 0) is 0 Å². The lowest BCUT2D eigenvalue weighted by Crippen LogP contribution is -2.30. The molecule has 2 aromatic heterocycles. The zero-order valence-electron chi connectivity index (χ0n) is 12.6. The topological polar surface area (TPSA) is 54.2 Å². The van der Waals surface area contributed by atoms with Gasteiger partial charge in [0.1, 0.15) is 16.9 Å². The van der Waals surface area contributed by atoms with E-state index in [0.717, 1.165) is 53.2 Å². The molecule has 1 aliphatic heterocycles. The van der Waals surface area contributed by atoms with Gasteiger partial charge in [-0.3, -0.25) is 0 Å². The summed E-state index contributed by atoms with van der Waals surface area (Å²) in [4.78, 5) is 11.6. The van der Waals surface area contributed by atoms with Crippen molar-refractivity contribution >= 4 is 50.5 Å². The first-order valence-corrected chi connectivity index (χ1v) is 8.52. The van der Waals surface area contributed by atoms with E-state index in [2.05, 4.69) is 54.9 Å². The number of fused-ring (bicyclic) bond motifs is 3. The van der Waals surface area contributed by atoms with Gasteiger partial charge in [-0.25, -0.2) is 9.97 Å². The molecule has 4 rings (SSSR count). The molecule has 1 unspecified atom stereocenters. The molecular weight excluding hydrogens is 391 g/mol. The zero-order valence-corrected chi connectivity index (χ0v) is 14.7. The van der Waals surface area contributed by atoms with E-state index in [1.807, 2.05) is 20.0 Å². The van der Waals surface area contributed by atoms with Crippen LogP contribution in [0.15, 0.2) is 22.6 Å². The molecule has 114 valence electrons. The summed E-state index contributed by atoms with van der Waals surface area (Å²) in [6.45, 7) is 3.89. The molecule has 1 aromatic carbocycles. The van der Waals surface area contributed by atoms with E-state index in [0.29, 0.717) is 6.04 Å². The summed E-state index contributed by atoms with van der Waals surface area (Å²) in [6.07, 6.45) is 1.12. The van der Waals surface area contributed by atoms with Crippen molar-refractivity contribution in [3.63, 3.8) is 0 Å². The van der Waals surface area contributed by atoms with Crippen molar-refractivity contribution in [2.24, 2.45) is 0 Å². The van der Waals surface area contributed by atoms with Gasteiger partial charge in [0, 0.05) is 28.1 Å². The lowest BCUT2D eigenvalue weighted by Gasteiger charge is -2.17. The zero-order chi connectivity index (χ0) is 15.3. The highest BCUT2D eigenvalue weighted by atomic mass is 127. The average Bonchev–Trinajstić information content (AvgIpc) is 3.11. The smallest absolute Gasteiger partial charge is 0.196 e. The molecule has 0 bridgehead atoms. The lowest BCUT2D eigenvalue weighted by molar-refractivity contribution is 0.615. The summed E-state index contributed by atoms with van der Waals surface area (Å²) in [5.74, 6) is 1.71. The van der Waals surface area contributed by atoms with Gasteiger partial charge in [-0.15, -0.1) is 0 Å². The van der Waals surface area contributed by atoms with Gasteiger partial charge in [0.25, 0.3) is 0 Å². The van der Waals surface area contributed by atoms with Crippen LogP contribution in [0.25, 0.3) is 22.1 Å². The summed E-state index contributed by atoms with van der Waals surface area (Å²) in [5.41, 5.74) is 2.60. The molecule has 22 heavy (non-hydrogen) atoms. The molecule has 3 heterocycles. The van der Waals surface area contributed by atoms with Crippen molar-refractivity contribution in [1.82, 2.24) is 15.3 Å². The molecule has 1 atom stereocenters. The summed E-state index contributed by atoms with van der Waals surface area (Å²) in [7, 11) is 2.01. The molecule has 0 radical (unpaired) electrons. The highest BCUT2D eigenvalue weighted by Crippen LogP contribution is 2.34. The van der Waals surface area contributed by atoms with E-state index < -0.39 is 0 Å². The molecule has 6 heteroatoms. The minimum absolute atomic E-state index is 0.510. The molecule has 3 aromatic rings. The number of halogens is 1. The Morgan fingerprint density at radius 3 is 3.00 bits per heavy atom. The second kappa shape index (κ2) is 5.34. The number of likely N-dealkylation sites (N-methyl/N-ethyl adjacent to an activating group) is 1. The van der Waals surface area contributed by atoms with Gasteiger partial charge in [0.2, 0.25) is 0 Å². The van der Waals surface area contributed by atoms with E-state index >= 15 is 0 Å². The van der Waals surface area contributed by atoms with Gasteiger partial charge in [-0.1, -0.05) is 0 Å². The molecule has 0 spiro atoms. The third kappa shape index (κ3) is 2.25. The quantitative estimate of drug-likeness (QED) is 0.661. The first kappa shape index (κ1) is 14.2. The predicted molar refractivity (Wildman–Crippen MR) is 96.4 cm³/mol. The fourth-order valence-electron chi connectivity index (χ4n) is 3.11. The number of rotatable bonds is 2. The Morgan fingerprint density at radius 1 is 1.36 bits per heavy atom. The van der Waals surface area contributed by atoms with Crippen molar-refractivity contribution in [2.45, 2.75) is 19.4 Å². The second-order valence-corrected chi connectivity index (χ2v) is 6.98. The largest absolute Gasteiger partial charge is 0.450 e. The molecular formula is C16H17IN4O. The summed E-state index contributed by atoms with van der Waals surface area (Å²) < 4.78 is 7.27. The minimum atomic E-state index is 0.510. The van der Waals surface area contributed by atoms with Gasteiger partial charge in [-0.05, 0) is 61.2 Å². The fraction of sp³-hybridized carbons (Fsp3) is 0.375. The van der Waals surface area contributed by atoms with Crippen LogP contribution in [0.5, 0.6) is 0 Å². The SMILES string of the molecule is CNC1CCN(c2nc(C)nc3c2oc2ccc(I)cc23)C1. The Labute approximate surface area is 142 Å². The Morgan fingerprint density at radius 2 is 2.23 bits per heavy atom.